The SMILES string of the molecule is CCC(C)(C)OC(C)(CC)NC12CCC(NC(=O)COC3CCCCCCC3)(C1)C2. The van der Waals surface area contributed by atoms with Crippen LogP contribution in [0.3, 0.4) is 0 Å². The molecule has 4 saturated carbocycles. The molecule has 1 amide bonds. The van der Waals surface area contributed by atoms with Crippen LogP contribution in [0.15, 0.2) is 0 Å². The zero-order valence-electron chi connectivity index (χ0n) is 20.2. The summed E-state index contributed by atoms with van der Waals surface area (Å²) in [7, 11) is 0. The molecule has 4 aliphatic rings. The van der Waals surface area contributed by atoms with Gasteiger partial charge in [0.2, 0.25) is 5.91 Å². The van der Waals surface area contributed by atoms with Crippen molar-refractivity contribution < 1.29 is 14.3 Å². The normalized spacial score (nSPS) is 32.0. The fraction of sp³-hybridized carbons (Fsp3) is 0.960. The molecule has 0 aromatic heterocycles. The number of hydrogen-bond acceptors (Lipinski definition) is 4. The first kappa shape index (κ1) is 24.0. The molecule has 0 aromatic rings. The molecular weight excluding hydrogens is 376 g/mol. The van der Waals surface area contributed by atoms with Crippen molar-refractivity contribution in [1.29, 1.82) is 0 Å². The van der Waals surface area contributed by atoms with Gasteiger partial charge in [0.15, 0.2) is 0 Å². The van der Waals surface area contributed by atoms with Gasteiger partial charge in [-0.3, -0.25) is 10.1 Å². The van der Waals surface area contributed by atoms with Gasteiger partial charge < -0.3 is 14.8 Å². The summed E-state index contributed by atoms with van der Waals surface area (Å²) < 4.78 is 12.5. The zero-order chi connectivity index (χ0) is 21.9. The van der Waals surface area contributed by atoms with Crippen molar-refractivity contribution in [3.05, 3.63) is 0 Å². The Hall–Kier alpha value is -0.650. The monoisotopic (exact) mass is 422 g/mol. The number of carbonyl (C=O) groups is 1. The maximum atomic E-state index is 12.6. The van der Waals surface area contributed by atoms with Crippen LogP contribution in [0.25, 0.3) is 0 Å². The molecular formula is C25H46N2O3. The zero-order valence-corrected chi connectivity index (χ0v) is 20.2. The lowest BCUT2D eigenvalue weighted by molar-refractivity contribution is -0.169. The van der Waals surface area contributed by atoms with Crippen LogP contribution in [-0.4, -0.2) is 41.0 Å². The van der Waals surface area contributed by atoms with E-state index in [-0.39, 0.29) is 41.0 Å². The van der Waals surface area contributed by atoms with Crippen LogP contribution in [0.2, 0.25) is 0 Å². The van der Waals surface area contributed by atoms with Crippen molar-refractivity contribution >= 4 is 5.91 Å². The van der Waals surface area contributed by atoms with Crippen molar-refractivity contribution in [2.24, 2.45) is 0 Å². The average molecular weight is 423 g/mol. The number of ether oxygens (including phenoxy) is 2. The fourth-order valence-electron chi connectivity index (χ4n) is 5.92. The van der Waals surface area contributed by atoms with Crippen LogP contribution in [0.1, 0.15) is 118 Å². The Labute approximate surface area is 184 Å². The van der Waals surface area contributed by atoms with Crippen molar-refractivity contribution in [3.8, 4) is 0 Å². The van der Waals surface area contributed by atoms with E-state index in [0.29, 0.717) is 0 Å². The van der Waals surface area contributed by atoms with Gasteiger partial charge in [0.25, 0.3) is 0 Å². The van der Waals surface area contributed by atoms with Crippen molar-refractivity contribution in [3.63, 3.8) is 0 Å². The number of carbonyl (C=O) groups excluding carboxylic acids is 1. The summed E-state index contributed by atoms with van der Waals surface area (Å²) in [6, 6.07) is 0. The average Bonchev–Trinajstić information content (AvgIpc) is 3.14. The van der Waals surface area contributed by atoms with Crippen molar-refractivity contribution in [1.82, 2.24) is 10.6 Å². The Bertz CT molecular complexity index is 577. The first-order valence-electron chi connectivity index (χ1n) is 12.5. The Kier molecular flexibility index (Phi) is 7.57. The second-order valence-corrected chi connectivity index (χ2v) is 11.2. The first-order chi connectivity index (χ1) is 14.1. The highest BCUT2D eigenvalue weighted by atomic mass is 16.5. The van der Waals surface area contributed by atoms with E-state index in [1.807, 2.05) is 0 Å². The van der Waals surface area contributed by atoms with E-state index in [9.17, 15) is 4.79 Å². The van der Waals surface area contributed by atoms with E-state index >= 15 is 0 Å². The van der Waals surface area contributed by atoms with E-state index in [4.69, 9.17) is 9.47 Å². The van der Waals surface area contributed by atoms with Gasteiger partial charge in [0.1, 0.15) is 12.3 Å². The van der Waals surface area contributed by atoms with Gasteiger partial charge in [-0.2, -0.15) is 0 Å². The number of fused-ring (bicyclic) bond motifs is 1. The molecule has 4 fully saturated rings. The van der Waals surface area contributed by atoms with Gasteiger partial charge in [0, 0.05) is 11.1 Å². The third-order valence-electron chi connectivity index (χ3n) is 7.90. The lowest BCUT2D eigenvalue weighted by Gasteiger charge is -2.53. The van der Waals surface area contributed by atoms with Crippen molar-refractivity contribution in [2.45, 2.75) is 147 Å². The minimum absolute atomic E-state index is 0.0384. The molecule has 2 bridgehead atoms. The fourth-order valence-corrected chi connectivity index (χ4v) is 5.92. The predicted octanol–water partition coefficient (Wildman–Crippen LogP) is 5.22. The highest BCUT2D eigenvalue weighted by molar-refractivity contribution is 5.78. The van der Waals surface area contributed by atoms with Crippen LogP contribution >= 0.6 is 0 Å². The van der Waals surface area contributed by atoms with Crippen LogP contribution in [0.5, 0.6) is 0 Å². The molecule has 1 unspecified atom stereocenters. The molecule has 0 heterocycles. The molecule has 4 aliphatic carbocycles. The number of amides is 1. The lowest BCUT2D eigenvalue weighted by Crippen LogP contribution is -2.68. The molecule has 5 heteroatoms. The van der Waals surface area contributed by atoms with Gasteiger partial charge in [-0.1, -0.05) is 46.0 Å². The quantitative estimate of drug-likeness (QED) is 0.474. The summed E-state index contributed by atoms with van der Waals surface area (Å²) in [6.07, 6.45) is 15.0. The highest BCUT2D eigenvalue weighted by Gasteiger charge is 2.62. The summed E-state index contributed by atoms with van der Waals surface area (Å²) in [4.78, 5) is 12.6. The van der Waals surface area contributed by atoms with Crippen LogP contribution in [0, 0.1) is 0 Å². The predicted molar refractivity (Wildman–Crippen MR) is 121 cm³/mol. The minimum Gasteiger partial charge on any atom is -0.368 e. The summed E-state index contributed by atoms with van der Waals surface area (Å²) in [6.45, 7) is 11.1. The Morgan fingerprint density at radius 2 is 1.53 bits per heavy atom. The van der Waals surface area contributed by atoms with E-state index in [2.05, 4.69) is 45.3 Å². The lowest BCUT2D eigenvalue weighted by atomic mass is 9.70. The van der Waals surface area contributed by atoms with Gasteiger partial charge in [-0.25, -0.2) is 0 Å². The number of hydrogen-bond donors (Lipinski definition) is 2. The summed E-state index contributed by atoms with van der Waals surface area (Å²) >= 11 is 0. The Balaban J connectivity index is 1.46. The molecule has 0 saturated heterocycles. The topological polar surface area (TPSA) is 59.6 Å². The molecule has 1 atom stereocenters. The van der Waals surface area contributed by atoms with Gasteiger partial charge >= 0.3 is 0 Å². The maximum Gasteiger partial charge on any atom is 0.246 e. The van der Waals surface area contributed by atoms with Gasteiger partial charge in [0.05, 0.1) is 11.7 Å². The summed E-state index contributed by atoms with van der Waals surface area (Å²) in [5.74, 6) is 0.0641. The van der Waals surface area contributed by atoms with Crippen LogP contribution in [-0.2, 0) is 14.3 Å². The smallest absolute Gasteiger partial charge is 0.246 e. The molecule has 0 radical (unpaired) electrons. The first-order valence-corrected chi connectivity index (χ1v) is 12.5. The third kappa shape index (κ3) is 5.98. The molecule has 174 valence electrons. The molecule has 5 nitrogen and oxygen atoms in total. The van der Waals surface area contributed by atoms with E-state index in [0.717, 1.165) is 51.4 Å². The van der Waals surface area contributed by atoms with E-state index < -0.39 is 0 Å². The van der Waals surface area contributed by atoms with Crippen LogP contribution < -0.4 is 10.6 Å². The molecule has 0 aromatic carbocycles. The van der Waals surface area contributed by atoms with Crippen molar-refractivity contribution in [2.75, 3.05) is 6.61 Å². The Morgan fingerprint density at radius 1 is 0.933 bits per heavy atom. The largest absolute Gasteiger partial charge is 0.368 e. The van der Waals surface area contributed by atoms with E-state index in [1.54, 1.807) is 0 Å². The molecule has 0 spiro atoms. The summed E-state index contributed by atoms with van der Waals surface area (Å²) in [5.41, 5.74) is -0.413. The summed E-state index contributed by atoms with van der Waals surface area (Å²) in [5, 5.41) is 7.20. The Morgan fingerprint density at radius 3 is 2.13 bits per heavy atom. The second-order valence-electron chi connectivity index (χ2n) is 11.2. The molecule has 4 rings (SSSR count). The number of nitrogens with one attached hydrogen (secondary N) is 2. The number of rotatable bonds is 10. The molecule has 2 N–H and O–H groups in total. The van der Waals surface area contributed by atoms with Crippen LogP contribution in [0.4, 0.5) is 0 Å². The minimum atomic E-state index is -0.332. The third-order valence-corrected chi connectivity index (χ3v) is 7.90. The van der Waals surface area contributed by atoms with Gasteiger partial charge in [-0.05, 0) is 72.1 Å². The molecule has 0 aliphatic heterocycles. The van der Waals surface area contributed by atoms with E-state index in [1.165, 1.54) is 32.1 Å². The molecule has 30 heavy (non-hydrogen) atoms. The van der Waals surface area contributed by atoms with Gasteiger partial charge in [-0.15, -0.1) is 0 Å². The highest BCUT2D eigenvalue weighted by Crippen LogP contribution is 2.56. The second kappa shape index (κ2) is 9.46. The standard InChI is InChI=1S/C25H46N2O3/c1-6-22(3,4)30-23(5,7-2)27-25-16-15-24(18-25,19-25)26-21(28)17-29-20-13-11-9-8-10-12-14-20/h20,27H,6-19H2,1-5H3,(H,26,28). The maximum absolute atomic E-state index is 12.6.